The first kappa shape index (κ1) is 21.9. The third-order valence-corrected chi connectivity index (χ3v) is 6.01. The van der Waals surface area contributed by atoms with Gasteiger partial charge in [0.15, 0.2) is 0 Å². The van der Waals surface area contributed by atoms with E-state index in [1.54, 1.807) is 4.68 Å². The molecule has 1 aromatic heterocycles. The average Bonchev–Trinajstić information content (AvgIpc) is 3.07. The number of para-hydroxylation sites is 1. The van der Waals surface area contributed by atoms with E-state index in [-0.39, 0.29) is 5.41 Å². The van der Waals surface area contributed by atoms with Gasteiger partial charge in [-0.05, 0) is 48.9 Å². The Kier molecular flexibility index (Phi) is 5.93. The second-order valence-corrected chi connectivity index (χ2v) is 8.78. The molecule has 3 aromatic rings. The number of aliphatic hydroxyl groups excluding tert-OH is 1. The second-order valence-electron chi connectivity index (χ2n) is 8.78. The van der Waals surface area contributed by atoms with E-state index >= 15 is 0 Å². The highest BCUT2D eigenvalue weighted by molar-refractivity contribution is 5.90. The lowest BCUT2D eigenvalue weighted by atomic mass is 9.70. The van der Waals surface area contributed by atoms with Gasteiger partial charge in [0, 0.05) is 0 Å². The summed E-state index contributed by atoms with van der Waals surface area (Å²) in [4.78, 5) is 13.1. The van der Waals surface area contributed by atoms with Crippen molar-refractivity contribution < 1.29 is 14.6 Å². The molecule has 4 rings (SSSR count). The molecule has 168 valence electrons. The van der Waals surface area contributed by atoms with Crippen LogP contribution < -0.4 is 15.4 Å². The van der Waals surface area contributed by atoms with Crippen LogP contribution >= 0.6 is 0 Å². The summed E-state index contributed by atoms with van der Waals surface area (Å²) in [6.07, 6.45) is -0.130. The van der Waals surface area contributed by atoms with Gasteiger partial charge in [-0.2, -0.15) is 0 Å². The fourth-order valence-corrected chi connectivity index (χ4v) is 4.45. The molecule has 0 fully saturated rings. The topological polar surface area (TPSA) is 88.4 Å². The Morgan fingerprint density at radius 2 is 1.88 bits per heavy atom. The van der Waals surface area contributed by atoms with Crippen molar-refractivity contribution in [2.45, 2.75) is 51.7 Å². The predicted octanol–water partition coefficient (Wildman–Crippen LogP) is 4.48. The molecule has 1 aliphatic carbocycles. The zero-order valence-corrected chi connectivity index (χ0v) is 18.9. The van der Waals surface area contributed by atoms with Crippen LogP contribution in [0.15, 0.2) is 54.6 Å². The van der Waals surface area contributed by atoms with Gasteiger partial charge < -0.3 is 15.2 Å². The molecule has 32 heavy (non-hydrogen) atoms. The minimum atomic E-state index is -0.690. The number of rotatable bonds is 5. The molecule has 0 aliphatic heterocycles. The smallest absolute Gasteiger partial charge is 0.320 e. The number of ether oxygens (including phenoxy) is 1. The van der Waals surface area contributed by atoms with Crippen molar-refractivity contribution in [3.05, 3.63) is 71.3 Å². The van der Waals surface area contributed by atoms with Crippen LogP contribution in [0.4, 0.5) is 10.6 Å². The number of hydrogen-bond acceptors (Lipinski definition) is 4. The van der Waals surface area contributed by atoms with Crippen LogP contribution in [0, 0.1) is 6.92 Å². The molecular weight excluding hydrogens is 404 g/mol. The summed E-state index contributed by atoms with van der Waals surface area (Å²) in [5.74, 6) is 0.993. The van der Waals surface area contributed by atoms with Gasteiger partial charge in [0.1, 0.15) is 5.82 Å². The number of carbonyl (C=O) groups is 1. The van der Waals surface area contributed by atoms with Gasteiger partial charge in [-0.3, -0.25) is 5.32 Å². The van der Waals surface area contributed by atoms with E-state index < -0.39 is 18.2 Å². The van der Waals surface area contributed by atoms with E-state index in [9.17, 15) is 9.90 Å². The molecule has 0 radical (unpaired) electrons. The molecule has 7 heteroatoms. The van der Waals surface area contributed by atoms with Gasteiger partial charge >= 0.3 is 6.03 Å². The van der Waals surface area contributed by atoms with E-state index in [1.165, 1.54) is 0 Å². The standard InChI is InChI=1S/C25H30N4O3/c1-5-32-23-16(2)22(29(28-23)17-11-7-6-8-12-17)27-24(31)26-21-18-13-9-10-14-19(18)25(3,4)15-20(21)30/h6-14,20-21,30H,5,15H2,1-4H3,(H2,26,27,31)/t20-,21-/m1/s1. The first-order valence-corrected chi connectivity index (χ1v) is 10.9. The minimum absolute atomic E-state index is 0.167. The van der Waals surface area contributed by atoms with E-state index in [0.717, 1.165) is 22.4 Å². The summed E-state index contributed by atoms with van der Waals surface area (Å²) in [7, 11) is 0. The van der Waals surface area contributed by atoms with Crippen molar-refractivity contribution in [3.63, 3.8) is 0 Å². The summed E-state index contributed by atoms with van der Waals surface area (Å²) in [6, 6.07) is 16.6. The highest BCUT2D eigenvalue weighted by Gasteiger charge is 2.39. The Labute approximate surface area is 188 Å². The van der Waals surface area contributed by atoms with Crippen LogP contribution in [0.1, 0.15) is 49.9 Å². The lowest BCUT2D eigenvalue weighted by Gasteiger charge is -2.40. The summed E-state index contributed by atoms with van der Waals surface area (Å²) in [6.45, 7) is 8.45. The van der Waals surface area contributed by atoms with Gasteiger partial charge in [-0.15, -0.1) is 5.10 Å². The first-order chi connectivity index (χ1) is 15.3. The molecule has 7 nitrogen and oxygen atoms in total. The summed E-state index contributed by atoms with van der Waals surface area (Å²) in [5.41, 5.74) is 3.45. The molecule has 0 spiro atoms. The summed E-state index contributed by atoms with van der Waals surface area (Å²) >= 11 is 0. The zero-order valence-electron chi connectivity index (χ0n) is 18.9. The Balaban J connectivity index is 1.62. The molecular formula is C25H30N4O3. The fraction of sp³-hybridized carbons (Fsp3) is 0.360. The molecule has 2 aromatic carbocycles. The third kappa shape index (κ3) is 4.08. The van der Waals surface area contributed by atoms with Crippen molar-refractivity contribution in [1.82, 2.24) is 15.1 Å². The van der Waals surface area contributed by atoms with Crippen molar-refractivity contribution in [3.8, 4) is 11.6 Å². The SMILES string of the molecule is CCOc1nn(-c2ccccc2)c(NC(=O)N[C@@H]2c3ccccc3C(C)(C)C[C@H]2O)c1C. The van der Waals surface area contributed by atoms with Gasteiger partial charge in [-0.25, -0.2) is 9.48 Å². The summed E-state index contributed by atoms with van der Waals surface area (Å²) < 4.78 is 7.31. The van der Waals surface area contributed by atoms with Crippen LogP contribution in [0.25, 0.3) is 5.69 Å². The van der Waals surface area contributed by atoms with Gasteiger partial charge in [-0.1, -0.05) is 56.3 Å². The molecule has 0 bridgehead atoms. The van der Waals surface area contributed by atoms with Crippen molar-refractivity contribution in [2.75, 3.05) is 11.9 Å². The van der Waals surface area contributed by atoms with E-state index in [0.29, 0.717) is 24.7 Å². The molecule has 2 amide bonds. The Bertz CT molecular complexity index is 1110. The van der Waals surface area contributed by atoms with Crippen LogP contribution in [0.5, 0.6) is 5.88 Å². The number of nitrogens with zero attached hydrogens (tertiary/aromatic N) is 2. The second kappa shape index (κ2) is 8.67. The zero-order chi connectivity index (χ0) is 22.9. The van der Waals surface area contributed by atoms with Crippen LogP contribution in [0.3, 0.4) is 0 Å². The number of hydrogen-bond donors (Lipinski definition) is 3. The summed E-state index contributed by atoms with van der Waals surface area (Å²) in [5, 5.41) is 21.3. The van der Waals surface area contributed by atoms with Gasteiger partial charge in [0.25, 0.3) is 0 Å². The molecule has 0 saturated carbocycles. The number of anilines is 1. The lowest BCUT2D eigenvalue weighted by molar-refractivity contribution is 0.0883. The first-order valence-electron chi connectivity index (χ1n) is 10.9. The number of nitrogens with one attached hydrogen (secondary N) is 2. The maximum Gasteiger partial charge on any atom is 0.320 e. The van der Waals surface area contributed by atoms with Crippen LogP contribution in [-0.4, -0.2) is 33.6 Å². The quantitative estimate of drug-likeness (QED) is 0.552. The molecule has 0 saturated heterocycles. The van der Waals surface area contributed by atoms with Crippen molar-refractivity contribution in [1.29, 1.82) is 0 Å². The Morgan fingerprint density at radius 1 is 1.19 bits per heavy atom. The molecule has 3 N–H and O–H groups in total. The Morgan fingerprint density at radius 3 is 2.59 bits per heavy atom. The van der Waals surface area contributed by atoms with E-state index in [1.807, 2.05) is 62.4 Å². The molecule has 1 aliphatic rings. The fourth-order valence-electron chi connectivity index (χ4n) is 4.45. The van der Waals surface area contributed by atoms with E-state index in [4.69, 9.17) is 4.74 Å². The van der Waals surface area contributed by atoms with Gasteiger partial charge in [0.2, 0.25) is 5.88 Å². The molecule has 2 atom stereocenters. The number of carbonyl (C=O) groups excluding carboxylic acids is 1. The maximum atomic E-state index is 13.1. The molecule has 1 heterocycles. The lowest BCUT2D eigenvalue weighted by Crippen LogP contribution is -2.45. The third-order valence-electron chi connectivity index (χ3n) is 6.01. The minimum Gasteiger partial charge on any atom is -0.477 e. The van der Waals surface area contributed by atoms with Crippen molar-refractivity contribution >= 4 is 11.8 Å². The Hall–Kier alpha value is -3.32. The van der Waals surface area contributed by atoms with Crippen molar-refractivity contribution in [2.24, 2.45) is 0 Å². The van der Waals surface area contributed by atoms with Gasteiger partial charge in [0.05, 0.1) is 30.0 Å². The number of amides is 2. The molecule has 0 unspecified atom stereocenters. The predicted molar refractivity (Wildman–Crippen MR) is 124 cm³/mol. The maximum absolute atomic E-state index is 13.1. The number of fused-ring (bicyclic) bond motifs is 1. The van der Waals surface area contributed by atoms with Crippen LogP contribution in [0.2, 0.25) is 0 Å². The number of aromatic nitrogens is 2. The average molecular weight is 435 g/mol. The number of aliphatic hydroxyl groups is 1. The highest BCUT2D eigenvalue weighted by Crippen LogP contribution is 2.41. The normalized spacial score (nSPS) is 19.2. The monoisotopic (exact) mass is 434 g/mol. The number of urea groups is 1. The highest BCUT2D eigenvalue weighted by atomic mass is 16.5. The largest absolute Gasteiger partial charge is 0.477 e. The number of benzene rings is 2. The van der Waals surface area contributed by atoms with E-state index in [2.05, 4.69) is 35.6 Å². The van der Waals surface area contributed by atoms with Crippen LogP contribution in [-0.2, 0) is 5.41 Å².